The molecule has 1 aliphatic heterocycles. The summed E-state index contributed by atoms with van der Waals surface area (Å²) < 4.78 is 27.6. The minimum Gasteiger partial charge on any atom is -0.508 e. The van der Waals surface area contributed by atoms with E-state index in [9.17, 15) is 23.1 Å². The Morgan fingerprint density at radius 1 is 1.06 bits per heavy atom. The van der Waals surface area contributed by atoms with E-state index in [0.717, 1.165) is 9.87 Å². The zero-order chi connectivity index (χ0) is 23.5. The number of aromatic hydroxyl groups is 1. The molecule has 2 amide bonds. The smallest absolute Gasteiger partial charge is 0.243 e. The third-order valence-corrected chi connectivity index (χ3v) is 7.56. The Hall–Kier alpha value is -2.91. The van der Waals surface area contributed by atoms with Crippen LogP contribution in [0.5, 0.6) is 5.75 Å². The number of piperazine rings is 1. The minimum absolute atomic E-state index is 0.00393. The summed E-state index contributed by atoms with van der Waals surface area (Å²) in [4.78, 5) is 26.4. The van der Waals surface area contributed by atoms with Gasteiger partial charge >= 0.3 is 0 Å². The van der Waals surface area contributed by atoms with Crippen LogP contribution in [0.2, 0.25) is 0 Å². The first kappa shape index (κ1) is 23.7. The molecule has 8 nitrogen and oxygen atoms in total. The van der Waals surface area contributed by atoms with Crippen molar-refractivity contribution < 1.29 is 23.1 Å². The number of phenolic OH excluding ortho intramolecular Hbond substituents is 1. The summed E-state index contributed by atoms with van der Waals surface area (Å²) in [6.07, 6.45) is 0. The first-order chi connectivity index (χ1) is 15.1. The zero-order valence-electron chi connectivity index (χ0n) is 18.5. The van der Waals surface area contributed by atoms with Crippen molar-refractivity contribution in [3.63, 3.8) is 0 Å². The molecule has 3 rings (SSSR count). The molecule has 1 fully saturated rings. The number of carbonyl (C=O) groups is 2. The molecule has 0 bridgehead atoms. The third kappa shape index (κ3) is 5.28. The van der Waals surface area contributed by atoms with Crippen molar-refractivity contribution >= 4 is 21.8 Å². The van der Waals surface area contributed by atoms with Crippen molar-refractivity contribution in [1.82, 2.24) is 14.5 Å². The van der Waals surface area contributed by atoms with Crippen molar-refractivity contribution in [3.8, 4) is 5.75 Å². The van der Waals surface area contributed by atoms with Gasteiger partial charge in [-0.15, -0.1) is 0 Å². The van der Waals surface area contributed by atoms with Gasteiger partial charge in [-0.2, -0.15) is 4.31 Å². The average molecular weight is 460 g/mol. The number of nitrogens with one attached hydrogen (secondary N) is 1. The normalized spacial score (nSPS) is 17.4. The molecule has 0 aromatic heterocycles. The predicted octanol–water partition coefficient (Wildman–Crippen LogP) is 2.05. The number of rotatable bonds is 6. The number of hydrogen-bond acceptors (Lipinski definition) is 5. The van der Waals surface area contributed by atoms with Crippen molar-refractivity contribution in [2.24, 2.45) is 0 Å². The van der Waals surface area contributed by atoms with E-state index >= 15 is 0 Å². The molecular formula is C23H29N3O5S. The van der Waals surface area contributed by atoms with E-state index in [1.54, 1.807) is 0 Å². The summed E-state index contributed by atoms with van der Waals surface area (Å²) in [5, 5.41) is 12.3. The molecule has 172 valence electrons. The highest BCUT2D eigenvalue weighted by Gasteiger charge is 2.40. The zero-order valence-corrected chi connectivity index (χ0v) is 19.3. The molecule has 2 aromatic carbocycles. The van der Waals surface area contributed by atoms with Crippen molar-refractivity contribution in [1.29, 1.82) is 0 Å². The second kappa shape index (κ2) is 9.70. The quantitative estimate of drug-likeness (QED) is 0.688. The fourth-order valence-corrected chi connectivity index (χ4v) is 5.20. The Kier molecular flexibility index (Phi) is 7.20. The highest BCUT2D eigenvalue weighted by molar-refractivity contribution is 7.89. The molecule has 0 spiro atoms. The van der Waals surface area contributed by atoms with Crippen LogP contribution in [0, 0.1) is 0 Å². The molecule has 0 saturated carbocycles. The molecule has 9 heteroatoms. The SMILES string of the molecule is CC(=O)N1CCN(S(=O)(=O)c2ccc(O)cc2)[C@@H](C(=O)NCc2ccc(C(C)C)cc2)C1. The van der Waals surface area contributed by atoms with Crippen LogP contribution in [0.1, 0.15) is 37.8 Å². The monoisotopic (exact) mass is 459 g/mol. The lowest BCUT2D eigenvalue weighted by Crippen LogP contribution is -2.61. The van der Waals surface area contributed by atoms with Gasteiger partial charge in [-0.05, 0) is 41.3 Å². The number of benzene rings is 2. The minimum atomic E-state index is -4.00. The van der Waals surface area contributed by atoms with Crippen LogP contribution in [0.25, 0.3) is 0 Å². The van der Waals surface area contributed by atoms with E-state index in [-0.39, 0.29) is 42.7 Å². The topological polar surface area (TPSA) is 107 Å². The molecule has 1 aliphatic rings. The Bertz CT molecular complexity index is 1070. The Morgan fingerprint density at radius 2 is 1.69 bits per heavy atom. The molecule has 2 aromatic rings. The van der Waals surface area contributed by atoms with Gasteiger partial charge in [-0.3, -0.25) is 9.59 Å². The lowest BCUT2D eigenvalue weighted by Gasteiger charge is -2.39. The van der Waals surface area contributed by atoms with E-state index in [1.165, 1.54) is 41.7 Å². The second-order valence-corrected chi connectivity index (χ2v) is 10.1. The molecular weight excluding hydrogens is 430 g/mol. The number of amides is 2. The average Bonchev–Trinajstić information content (AvgIpc) is 2.77. The molecule has 1 atom stereocenters. The number of hydrogen-bond donors (Lipinski definition) is 2. The maximum atomic E-state index is 13.2. The largest absolute Gasteiger partial charge is 0.508 e. The van der Waals surface area contributed by atoms with Gasteiger partial charge in [0.25, 0.3) is 0 Å². The van der Waals surface area contributed by atoms with E-state index in [2.05, 4.69) is 19.2 Å². The number of phenols is 1. The van der Waals surface area contributed by atoms with E-state index in [4.69, 9.17) is 0 Å². The van der Waals surface area contributed by atoms with Gasteiger partial charge in [0.15, 0.2) is 0 Å². The summed E-state index contributed by atoms with van der Waals surface area (Å²) >= 11 is 0. The Morgan fingerprint density at radius 3 is 2.25 bits per heavy atom. The Balaban J connectivity index is 1.80. The summed E-state index contributed by atoms with van der Waals surface area (Å²) in [6, 6.07) is 12.0. The fraction of sp³-hybridized carbons (Fsp3) is 0.391. The number of carbonyl (C=O) groups excluding carboxylic acids is 2. The maximum absolute atomic E-state index is 13.2. The number of nitrogens with zero attached hydrogens (tertiary/aromatic N) is 2. The third-order valence-electron chi connectivity index (χ3n) is 5.64. The van der Waals surface area contributed by atoms with Gasteiger partial charge in [0, 0.05) is 33.1 Å². The molecule has 0 radical (unpaired) electrons. The Labute approximate surface area is 188 Å². The van der Waals surface area contributed by atoms with Crippen LogP contribution < -0.4 is 5.32 Å². The van der Waals surface area contributed by atoms with Crippen molar-refractivity contribution in [2.45, 2.75) is 44.2 Å². The lowest BCUT2D eigenvalue weighted by atomic mass is 10.0. The molecule has 1 saturated heterocycles. The first-order valence-electron chi connectivity index (χ1n) is 10.5. The van der Waals surface area contributed by atoms with Gasteiger partial charge in [0.05, 0.1) is 4.90 Å². The van der Waals surface area contributed by atoms with Gasteiger partial charge < -0.3 is 15.3 Å². The van der Waals surface area contributed by atoms with Crippen LogP contribution in [0.4, 0.5) is 0 Å². The summed E-state index contributed by atoms with van der Waals surface area (Å²) in [5.41, 5.74) is 2.09. The number of sulfonamides is 1. The van der Waals surface area contributed by atoms with Crippen LogP contribution in [-0.4, -0.2) is 60.2 Å². The van der Waals surface area contributed by atoms with Crippen molar-refractivity contribution in [2.75, 3.05) is 19.6 Å². The first-order valence-corrected chi connectivity index (χ1v) is 12.0. The van der Waals surface area contributed by atoms with Gasteiger partial charge in [-0.25, -0.2) is 8.42 Å². The van der Waals surface area contributed by atoms with Gasteiger partial charge in [-0.1, -0.05) is 38.1 Å². The molecule has 32 heavy (non-hydrogen) atoms. The highest BCUT2D eigenvalue weighted by Crippen LogP contribution is 2.24. The molecule has 0 aliphatic carbocycles. The van der Waals surface area contributed by atoms with Crippen LogP contribution in [0.3, 0.4) is 0 Å². The maximum Gasteiger partial charge on any atom is 0.243 e. The van der Waals surface area contributed by atoms with Crippen LogP contribution >= 0.6 is 0 Å². The van der Waals surface area contributed by atoms with E-state index < -0.39 is 22.0 Å². The molecule has 0 unspecified atom stereocenters. The predicted molar refractivity (Wildman–Crippen MR) is 120 cm³/mol. The molecule has 1 heterocycles. The standard InChI is InChI=1S/C23H29N3O5S/c1-16(2)19-6-4-18(5-7-19)14-24-23(29)22-15-25(17(3)27)12-13-26(22)32(30,31)21-10-8-20(28)9-11-21/h4-11,16,22,28H,12-15H2,1-3H3,(H,24,29)/t22-/m1/s1. The second-order valence-electron chi connectivity index (χ2n) is 8.20. The summed E-state index contributed by atoms with van der Waals surface area (Å²) in [7, 11) is -4.00. The summed E-state index contributed by atoms with van der Waals surface area (Å²) in [6.45, 7) is 6.03. The van der Waals surface area contributed by atoms with E-state index in [0.29, 0.717) is 5.92 Å². The van der Waals surface area contributed by atoms with Crippen LogP contribution in [0.15, 0.2) is 53.4 Å². The van der Waals surface area contributed by atoms with Gasteiger partial charge in [0.1, 0.15) is 11.8 Å². The molecule has 2 N–H and O–H groups in total. The lowest BCUT2D eigenvalue weighted by molar-refractivity contribution is -0.134. The van der Waals surface area contributed by atoms with E-state index in [1.807, 2.05) is 24.3 Å². The van der Waals surface area contributed by atoms with Gasteiger partial charge in [0.2, 0.25) is 21.8 Å². The highest BCUT2D eigenvalue weighted by atomic mass is 32.2. The van der Waals surface area contributed by atoms with Crippen molar-refractivity contribution in [3.05, 3.63) is 59.7 Å². The fourth-order valence-electron chi connectivity index (χ4n) is 3.63. The van der Waals surface area contributed by atoms with Crippen LogP contribution in [-0.2, 0) is 26.2 Å². The summed E-state index contributed by atoms with van der Waals surface area (Å²) in [5.74, 6) is -0.333.